The Kier molecular flexibility index (Phi) is 3.61. The van der Waals surface area contributed by atoms with Gasteiger partial charge in [0.2, 0.25) is 5.76 Å². The first-order chi connectivity index (χ1) is 8.95. The third-order valence-electron chi connectivity index (χ3n) is 3.67. The van der Waals surface area contributed by atoms with Gasteiger partial charge in [0, 0.05) is 13.1 Å². The van der Waals surface area contributed by atoms with Crippen LogP contribution in [0, 0.1) is 0 Å². The van der Waals surface area contributed by atoms with E-state index in [1.807, 2.05) is 6.92 Å². The maximum absolute atomic E-state index is 12.1. The Hall–Kier alpha value is -1.82. The van der Waals surface area contributed by atoms with Crippen LogP contribution in [0.15, 0.2) is 16.5 Å². The van der Waals surface area contributed by atoms with Crippen molar-refractivity contribution in [1.82, 2.24) is 4.90 Å². The van der Waals surface area contributed by atoms with Gasteiger partial charge in [-0.1, -0.05) is 6.92 Å². The maximum Gasteiger partial charge on any atom is 0.371 e. The van der Waals surface area contributed by atoms with Crippen LogP contribution in [0.2, 0.25) is 0 Å². The fraction of sp³-hybridized carbons (Fsp3) is 0.538. The number of rotatable bonds is 3. The van der Waals surface area contributed by atoms with Crippen molar-refractivity contribution in [1.29, 1.82) is 0 Å². The van der Waals surface area contributed by atoms with E-state index in [1.54, 1.807) is 4.90 Å². The molecule has 1 aliphatic rings. The lowest BCUT2D eigenvalue weighted by atomic mass is 9.89. The standard InChI is InChI=1S/C13H17NO5/c1-2-13(18)5-7-14(8-6-13)11(15)9-3-4-10(19-9)12(16)17/h3-4,18H,2,5-8H2,1H3,(H,16,17). The van der Waals surface area contributed by atoms with Gasteiger partial charge in [-0.3, -0.25) is 4.79 Å². The summed E-state index contributed by atoms with van der Waals surface area (Å²) in [7, 11) is 0. The molecule has 6 heteroatoms. The normalized spacial score (nSPS) is 18.3. The summed E-state index contributed by atoms with van der Waals surface area (Å²) in [6, 6.07) is 2.63. The number of carbonyl (C=O) groups is 2. The van der Waals surface area contributed by atoms with Gasteiger partial charge in [-0.15, -0.1) is 0 Å². The minimum Gasteiger partial charge on any atom is -0.475 e. The van der Waals surface area contributed by atoms with E-state index in [-0.39, 0.29) is 17.4 Å². The van der Waals surface area contributed by atoms with Gasteiger partial charge in [0.05, 0.1) is 5.60 Å². The molecule has 2 N–H and O–H groups in total. The van der Waals surface area contributed by atoms with Gasteiger partial charge in [-0.05, 0) is 31.4 Å². The highest BCUT2D eigenvalue weighted by atomic mass is 16.4. The largest absolute Gasteiger partial charge is 0.475 e. The number of likely N-dealkylation sites (tertiary alicyclic amines) is 1. The van der Waals surface area contributed by atoms with Crippen LogP contribution >= 0.6 is 0 Å². The second kappa shape index (κ2) is 5.05. The minimum absolute atomic E-state index is 0.0272. The molecule has 0 atom stereocenters. The fourth-order valence-electron chi connectivity index (χ4n) is 2.20. The average Bonchev–Trinajstić information content (AvgIpc) is 2.88. The number of aliphatic hydroxyl groups is 1. The highest BCUT2D eigenvalue weighted by Crippen LogP contribution is 2.26. The predicted molar refractivity (Wildman–Crippen MR) is 66.0 cm³/mol. The summed E-state index contributed by atoms with van der Waals surface area (Å²) in [6.45, 7) is 2.82. The number of hydrogen-bond donors (Lipinski definition) is 2. The molecule has 0 aliphatic carbocycles. The summed E-state index contributed by atoms with van der Waals surface area (Å²) in [6.07, 6.45) is 1.72. The second-order valence-corrected chi connectivity index (χ2v) is 4.84. The molecule has 1 aliphatic heterocycles. The number of amides is 1. The number of furan rings is 1. The molecule has 2 rings (SSSR count). The molecule has 1 fully saturated rings. The van der Waals surface area contributed by atoms with Crippen LogP contribution in [-0.4, -0.2) is 45.7 Å². The molecule has 0 saturated carbocycles. The van der Waals surface area contributed by atoms with E-state index in [0.717, 1.165) is 0 Å². The Bertz CT molecular complexity index is 485. The second-order valence-electron chi connectivity index (χ2n) is 4.84. The maximum atomic E-state index is 12.1. The quantitative estimate of drug-likeness (QED) is 0.862. The van der Waals surface area contributed by atoms with Gasteiger partial charge in [0.1, 0.15) is 0 Å². The number of carboxylic acid groups (broad SMARTS) is 1. The van der Waals surface area contributed by atoms with Gasteiger partial charge in [-0.25, -0.2) is 4.79 Å². The van der Waals surface area contributed by atoms with E-state index < -0.39 is 11.6 Å². The summed E-state index contributed by atoms with van der Waals surface area (Å²) < 4.78 is 4.99. The molecule has 1 aromatic heterocycles. The van der Waals surface area contributed by atoms with E-state index in [4.69, 9.17) is 9.52 Å². The number of carbonyl (C=O) groups excluding carboxylic acids is 1. The first-order valence-electron chi connectivity index (χ1n) is 6.30. The first-order valence-corrected chi connectivity index (χ1v) is 6.30. The lowest BCUT2D eigenvalue weighted by Crippen LogP contribution is -2.46. The van der Waals surface area contributed by atoms with Crippen LogP contribution in [0.25, 0.3) is 0 Å². The summed E-state index contributed by atoms with van der Waals surface area (Å²) in [4.78, 5) is 24.4. The molecule has 1 saturated heterocycles. The number of piperidine rings is 1. The lowest BCUT2D eigenvalue weighted by molar-refractivity contribution is -0.0199. The summed E-state index contributed by atoms with van der Waals surface area (Å²) >= 11 is 0. The molecule has 0 aromatic carbocycles. The number of nitrogens with zero attached hydrogens (tertiary/aromatic N) is 1. The van der Waals surface area contributed by atoms with Gasteiger partial charge >= 0.3 is 5.97 Å². The third kappa shape index (κ3) is 2.78. The Morgan fingerprint density at radius 1 is 1.32 bits per heavy atom. The van der Waals surface area contributed by atoms with Crippen LogP contribution in [0.1, 0.15) is 47.3 Å². The summed E-state index contributed by atoms with van der Waals surface area (Å²) in [5.41, 5.74) is -0.688. The van der Waals surface area contributed by atoms with Crippen LogP contribution < -0.4 is 0 Å². The van der Waals surface area contributed by atoms with Crippen molar-refractivity contribution in [3.63, 3.8) is 0 Å². The highest BCUT2D eigenvalue weighted by molar-refractivity contribution is 5.93. The van der Waals surface area contributed by atoms with Crippen molar-refractivity contribution in [2.45, 2.75) is 31.8 Å². The number of aromatic carboxylic acids is 1. The van der Waals surface area contributed by atoms with E-state index in [9.17, 15) is 14.7 Å². The van der Waals surface area contributed by atoms with Crippen molar-refractivity contribution in [2.75, 3.05) is 13.1 Å². The molecule has 1 amide bonds. The molecule has 0 unspecified atom stereocenters. The third-order valence-corrected chi connectivity index (χ3v) is 3.67. The van der Waals surface area contributed by atoms with E-state index in [2.05, 4.69) is 0 Å². The molecule has 104 valence electrons. The monoisotopic (exact) mass is 267 g/mol. The van der Waals surface area contributed by atoms with Gasteiger partial charge in [0.25, 0.3) is 5.91 Å². The Morgan fingerprint density at radius 3 is 2.37 bits per heavy atom. The summed E-state index contributed by atoms with van der Waals surface area (Å²) in [5.74, 6) is -1.74. The molecule has 0 spiro atoms. The van der Waals surface area contributed by atoms with Crippen molar-refractivity contribution in [3.05, 3.63) is 23.7 Å². The first kappa shape index (κ1) is 13.6. The molecular formula is C13H17NO5. The fourth-order valence-corrected chi connectivity index (χ4v) is 2.20. The summed E-state index contributed by atoms with van der Waals surface area (Å²) in [5, 5.41) is 18.8. The van der Waals surface area contributed by atoms with Crippen molar-refractivity contribution in [3.8, 4) is 0 Å². The Morgan fingerprint density at radius 2 is 1.89 bits per heavy atom. The minimum atomic E-state index is -1.20. The molecule has 0 bridgehead atoms. The zero-order valence-corrected chi connectivity index (χ0v) is 10.8. The molecule has 0 radical (unpaired) electrons. The smallest absolute Gasteiger partial charge is 0.371 e. The van der Waals surface area contributed by atoms with Crippen molar-refractivity contribution >= 4 is 11.9 Å². The number of carboxylic acids is 1. The average molecular weight is 267 g/mol. The van der Waals surface area contributed by atoms with Gasteiger partial charge in [0.15, 0.2) is 5.76 Å². The molecular weight excluding hydrogens is 250 g/mol. The zero-order valence-electron chi connectivity index (χ0n) is 10.8. The lowest BCUT2D eigenvalue weighted by Gasteiger charge is -2.37. The topological polar surface area (TPSA) is 91.0 Å². The molecule has 2 heterocycles. The van der Waals surface area contributed by atoms with Gasteiger partial charge in [-0.2, -0.15) is 0 Å². The molecule has 1 aromatic rings. The van der Waals surface area contributed by atoms with E-state index in [0.29, 0.717) is 32.4 Å². The SMILES string of the molecule is CCC1(O)CCN(C(=O)c2ccc(C(=O)O)o2)CC1. The number of hydrogen-bond acceptors (Lipinski definition) is 4. The Labute approximate surface area is 110 Å². The molecule has 19 heavy (non-hydrogen) atoms. The van der Waals surface area contributed by atoms with E-state index >= 15 is 0 Å². The van der Waals surface area contributed by atoms with Gasteiger partial charge < -0.3 is 19.5 Å². The van der Waals surface area contributed by atoms with Crippen LogP contribution in [0.5, 0.6) is 0 Å². The molecule has 6 nitrogen and oxygen atoms in total. The van der Waals surface area contributed by atoms with Crippen LogP contribution in [-0.2, 0) is 0 Å². The van der Waals surface area contributed by atoms with E-state index in [1.165, 1.54) is 12.1 Å². The zero-order chi connectivity index (χ0) is 14.0. The highest BCUT2D eigenvalue weighted by Gasteiger charge is 2.33. The Balaban J connectivity index is 2.03. The van der Waals surface area contributed by atoms with Crippen molar-refractivity contribution in [2.24, 2.45) is 0 Å². The predicted octanol–water partition coefficient (Wildman–Crippen LogP) is 1.35. The van der Waals surface area contributed by atoms with Crippen LogP contribution in [0.3, 0.4) is 0 Å². The van der Waals surface area contributed by atoms with Crippen LogP contribution in [0.4, 0.5) is 0 Å². The van der Waals surface area contributed by atoms with Crippen molar-refractivity contribution < 1.29 is 24.2 Å².